The van der Waals surface area contributed by atoms with E-state index in [9.17, 15) is 28.9 Å². The molecule has 10 heteroatoms. The second-order valence-corrected chi connectivity index (χ2v) is 8.58. The first-order valence-electron chi connectivity index (χ1n) is 11.5. The van der Waals surface area contributed by atoms with Gasteiger partial charge in [-0.3, -0.25) is 10.0 Å². The molecular weight excluding hydrogens is 452 g/mol. The van der Waals surface area contributed by atoms with E-state index in [0.29, 0.717) is 18.4 Å². The molecule has 1 aliphatic rings. The number of hydrogen-bond donors (Lipinski definition) is 5. The molecule has 192 valence electrons. The molecule has 2 unspecified atom stereocenters. The van der Waals surface area contributed by atoms with Crippen LogP contribution >= 0.6 is 0 Å². The summed E-state index contributed by atoms with van der Waals surface area (Å²) in [5.74, 6) is -3.23. The topological polar surface area (TPSA) is 128 Å². The van der Waals surface area contributed by atoms with Gasteiger partial charge in [-0.1, -0.05) is 31.4 Å². The zero-order chi connectivity index (χ0) is 25.1. The van der Waals surface area contributed by atoms with E-state index in [1.807, 2.05) is 0 Å². The van der Waals surface area contributed by atoms with Crippen LogP contribution in [0.2, 0.25) is 0 Å². The number of methoxy groups -OCH3 is 1. The van der Waals surface area contributed by atoms with Crippen molar-refractivity contribution in [2.24, 2.45) is 5.92 Å². The molecule has 1 amide bonds. The molecule has 0 spiro atoms. The summed E-state index contributed by atoms with van der Waals surface area (Å²) in [6, 6.07) is 3.52. The Bertz CT molecular complexity index is 808. The second kappa shape index (κ2) is 14.3. The Morgan fingerprint density at radius 2 is 1.97 bits per heavy atom. The van der Waals surface area contributed by atoms with Gasteiger partial charge in [-0.05, 0) is 37.0 Å². The number of rotatable bonds is 14. The lowest BCUT2D eigenvalue weighted by atomic mass is 9.92. The minimum absolute atomic E-state index is 0.0663. The third-order valence-corrected chi connectivity index (χ3v) is 6.09. The Morgan fingerprint density at radius 1 is 1.24 bits per heavy atom. The van der Waals surface area contributed by atoms with E-state index in [1.165, 1.54) is 19.2 Å². The Hall–Kier alpha value is -2.11. The molecule has 1 saturated carbocycles. The summed E-state index contributed by atoms with van der Waals surface area (Å²) in [6.07, 6.45) is 2.24. The number of ether oxygens (including phenoxy) is 2. The summed E-state index contributed by atoms with van der Waals surface area (Å²) in [4.78, 5) is 11.0. The summed E-state index contributed by atoms with van der Waals surface area (Å²) >= 11 is 0. The molecular formula is C24H35F2NO7. The van der Waals surface area contributed by atoms with Crippen LogP contribution in [-0.4, -0.2) is 64.6 Å². The van der Waals surface area contributed by atoms with Crippen molar-refractivity contribution in [3.05, 3.63) is 41.5 Å². The van der Waals surface area contributed by atoms with Gasteiger partial charge in [0, 0.05) is 25.9 Å². The van der Waals surface area contributed by atoms with Gasteiger partial charge >= 0.3 is 0 Å². The molecule has 0 radical (unpaired) electrons. The highest BCUT2D eigenvalue weighted by Gasteiger charge is 2.36. The molecule has 0 aromatic heterocycles. The van der Waals surface area contributed by atoms with Crippen molar-refractivity contribution in [1.29, 1.82) is 0 Å². The first-order chi connectivity index (χ1) is 16.3. The molecule has 8 nitrogen and oxygen atoms in total. The highest BCUT2D eigenvalue weighted by molar-refractivity contribution is 5.74. The zero-order valence-corrected chi connectivity index (χ0v) is 19.3. The van der Waals surface area contributed by atoms with Crippen molar-refractivity contribution in [2.75, 3.05) is 13.7 Å². The highest BCUT2D eigenvalue weighted by Crippen LogP contribution is 2.36. The lowest BCUT2D eigenvalue weighted by molar-refractivity contribution is -0.129. The number of hydroxylamine groups is 1. The standard InChI is InChI=1S/C24H35F2NO7/c1-33-14-22(34-21-9-6-8-17(25)24(21)26)18(28)12-11-16-15(19(29)13-20(16)30)7-4-2-3-5-10-23(31)27-32/h6,8-9,11,15,18-20,22,28-30,32H,2-5,7,10,12-14H2,1H3,(H,27,31)/b16-11+/t15-,18?,19+,20-,22?/m1/s1. The van der Waals surface area contributed by atoms with Crippen LogP contribution in [0.5, 0.6) is 5.75 Å². The summed E-state index contributed by atoms with van der Waals surface area (Å²) in [7, 11) is 1.40. The van der Waals surface area contributed by atoms with Crippen molar-refractivity contribution in [3.8, 4) is 5.75 Å². The second-order valence-electron chi connectivity index (χ2n) is 8.58. The summed E-state index contributed by atoms with van der Waals surface area (Å²) < 4.78 is 38.0. The van der Waals surface area contributed by atoms with Crippen LogP contribution in [0.25, 0.3) is 0 Å². The number of benzene rings is 1. The largest absolute Gasteiger partial charge is 0.482 e. The lowest BCUT2D eigenvalue weighted by Crippen LogP contribution is -2.36. The van der Waals surface area contributed by atoms with E-state index < -0.39 is 42.0 Å². The molecule has 0 heterocycles. The van der Waals surface area contributed by atoms with Gasteiger partial charge in [0.2, 0.25) is 11.7 Å². The smallest absolute Gasteiger partial charge is 0.243 e. The number of aliphatic hydroxyl groups is 3. The molecule has 5 atom stereocenters. The maximum Gasteiger partial charge on any atom is 0.243 e. The fourth-order valence-electron chi connectivity index (χ4n) is 4.24. The minimum Gasteiger partial charge on any atom is -0.482 e. The summed E-state index contributed by atoms with van der Waals surface area (Å²) in [5, 5.41) is 39.9. The van der Waals surface area contributed by atoms with E-state index in [1.54, 1.807) is 11.6 Å². The molecule has 2 rings (SSSR count). The molecule has 1 aromatic carbocycles. The summed E-state index contributed by atoms with van der Waals surface area (Å²) in [6.45, 7) is -0.0663. The number of aliphatic hydroxyl groups excluding tert-OH is 3. The average Bonchev–Trinajstić information content (AvgIpc) is 3.08. The first-order valence-corrected chi connectivity index (χ1v) is 11.5. The summed E-state index contributed by atoms with van der Waals surface area (Å²) in [5.41, 5.74) is 2.23. The van der Waals surface area contributed by atoms with Crippen molar-refractivity contribution in [1.82, 2.24) is 5.48 Å². The van der Waals surface area contributed by atoms with E-state index >= 15 is 0 Å². The monoisotopic (exact) mass is 487 g/mol. The number of amides is 1. The number of hydrogen-bond acceptors (Lipinski definition) is 7. The molecule has 0 bridgehead atoms. The third kappa shape index (κ3) is 8.28. The normalized spacial score (nSPS) is 23.1. The van der Waals surface area contributed by atoms with Gasteiger partial charge in [0.05, 0.1) is 24.9 Å². The van der Waals surface area contributed by atoms with Crippen molar-refractivity contribution < 1.29 is 43.6 Å². The van der Waals surface area contributed by atoms with Gasteiger partial charge < -0.3 is 24.8 Å². The zero-order valence-electron chi connectivity index (χ0n) is 19.3. The van der Waals surface area contributed by atoms with Crippen LogP contribution in [0.4, 0.5) is 8.78 Å². The number of carbonyl (C=O) groups excluding carboxylic acids is 1. The van der Waals surface area contributed by atoms with Gasteiger partial charge in [0.15, 0.2) is 11.6 Å². The van der Waals surface area contributed by atoms with E-state index in [4.69, 9.17) is 14.7 Å². The van der Waals surface area contributed by atoms with Crippen molar-refractivity contribution in [2.45, 2.75) is 75.8 Å². The maximum absolute atomic E-state index is 14.0. The van der Waals surface area contributed by atoms with Crippen molar-refractivity contribution >= 4 is 5.91 Å². The Balaban J connectivity index is 1.94. The predicted octanol–water partition coefficient (Wildman–Crippen LogP) is 2.62. The number of halogens is 2. The van der Waals surface area contributed by atoms with Crippen LogP contribution in [-0.2, 0) is 9.53 Å². The van der Waals surface area contributed by atoms with Gasteiger partial charge in [-0.2, -0.15) is 4.39 Å². The minimum atomic E-state index is -1.15. The van der Waals surface area contributed by atoms with Gasteiger partial charge in [0.1, 0.15) is 6.10 Å². The van der Waals surface area contributed by atoms with Crippen LogP contribution in [0, 0.1) is 17.6 Å². The highest BCUT2D eigenvalue weighted by atomic mass is 19.2. The SMILES string of the molecule is COCC(Oc1cccc(F)c1F)C(O)C/C=C1/[C@H](O)C[C@H](O)[C@@H]1CCCCCCC(=O)NO. The molecule has 5 N–H and O–H groups in total. The number of nitrogens with one attached hydrogen (secondary N) is 1. The van der Waals surface area contributed by atoms with E-state index in [2.05, 4.69) is 0 Å². The van der Waals surface area contributed by atoms with Crippen LogP contribution in [0.15, 0.2) is 29.8 Å². The van der Waals surface area contributed by atoms with Gasteiger partial charge in [-0.15, -0.1) is 0 Å². The van der Waals surface area contributed by atoms with Crippen LogP contribution in [0.3, 0.4) is 0 Å². The Labute approximate surface area is 198 Å². The maximum atomic E-state index is 14.0. The Morgan fingerprint density at radius 3 is 2.68 bits per heavy atom. The molecule has 34 heavy (non-hydrogen) atoms. The Kier molecular flexibility index (Phi) is 11.9. The van der Waals surface area contributed by atoms with E-state index in [0.717, 1.165) is 25.3 Å². The number of unbranched alkanes of at least 4 members (excludes halogenated alkanes) is 3. The first kappa shape index (κ1) is 28.1. The molecule has 1 fully saturated rings. The van der Waals surface area contributed by atoms with Crippen molar-refractivity contribution in [3.63, 3.8) is 0 Å². The van der Waals surface area contributed by atoms with Gasteiger partial charge in [-0.25, -0.2) is 9.87 Å². The van der Waals surface area contributed by atoms with E-state index in [-0.39, 0.29) is 37.5 Å². The number of carbonyl (C=O) groups is 1. The lowest BCUT2D eigenvalue weighted by Gasteiger charge is -2.24. The quantitative estimate of drug-likeness (QED) is 0.118. The van der Waals surface area contributed by atoms with Crippen LogP contribution < -0.4 is 10.2 Å². The van der Waals surface area contributed by atoms with Gasteiger partial charge in [0.25, 0.3) is 0 Å². The molecule has 1 aromatic rings. The molecule has 0 aliphatic heterocycles. The fraction of sp³-hybridized carbons (Fsp3) is 0.625. The molecule has 0 saturated heterocycles. The average molecular weight is 488 g/mol. The fourth-order valence-corrected chi connectivity index (χ4v) is 4.24. The third-order valence-electron chi connectivity index (χ3n) is 6.09. The predicted molar refractivity (Wildman–Crippen MR) is 119 cm³/mol. The van der Waals surface area contributed by atoms with Crippen LogP contribution in [0.1, 0.15) is 51.4 Å². The molecule has 1 aliphatic carbocycles.